The Bertz CT molecular complexity index is 514. The largest absolute Gasteiger partial charge is 0.303 e. The third-order valence-corrected chi connectivity index (χ3v) is 1.99. The summed E-state index contributed by atoms with van der Waals surface area (Å²) in [6.45, 7) is 0. The number of carbonyl (C=O) groups excluding carboxylic acids is 1. The smallest absolute Gasteiger partial charge is 0.274 e. The highest BCUT2D eigenvalue weighted by molar-refractivity contribution is 6.30. The number of nitrogens with zero attached hydrogens (tertiary/aromatic N) is 2. The van der Waals surface area contributed by atoms with Crippen LogP contribution < -0.4 is 5.32 Å². The molecule has 0 aliphatic carbocycles. The summed E-state index contributed by atoms with van der Waals surface area (Å²) >= 11 is 5.52. The van der Waals surface area contributed by atoms with Crippen molar-refractivity contribution in [3.63, 3.8) is 0 Å². The predicted molar refractivity (Wildman–Crippen MR) is 55.7 cm³/mol. The first-order chi connectivity index (χ1) is 7.66. The number of hydrogen-bond acceptors (Lipinski definition) is 3. The van der Waals surface area contributed by atoms with E-state index < -0.39 is 11.7 Å². The maximum Gasteiger partial charge on any atom is 0.274 e. The highest BCUT2D eigenvalue weighted by Gasteiger charge is 2.11. The van der Waals surface area contributed by atoms with E-state index in [1.54, 1.807) is 0 Å². The fourth-order valence-corrected chi connectivity index (χ4v) is 1.21. The van der Waals surface area contributed by atoms with Crippen LogP contribution in [0, 0.1) is 5.82 Å². The van der Waals surface area contributed by atoms with Gasteiger partial charge in [0, 0.05) is 12.4 Å². The van der Waals surface area contributed by atoms with Crippen LogP contribution in [-0.4, -0.2) is 21.1 Å². The number of H-pyrrole nitrogens is 1. The van der Waals surface area contributed by atoms with Crippen molar-refractivity contribution >= 4 is 23.3 Å². The molecule has 2 rings (SSSR count). The Morgan fingerprint density at radius 1 is 1.56 bits per heavy atom. The van der Waals surface area contributed by atoms with Crippen LogP contribution in [0.25, 0.3) is 0 Å². The molecule has 0 unspecified atom stereocenters. The minimum atomic E-state index is -0.694. The predicted octanol–water partition coefficient (Wildman–Crippen LogP) is 1.85. The van der Waals surface area contributed by atoms with E-state index in [0.29, 0.717) is 0 Å². The van der Waals surface area contributed by atoms with Gasteiger partial charge in [0.1, 0.15) is 5.69 Å². The normalized spacial score (nSPS) is 10.1. The average Bonchev–Trinajstić information content (AvgIpc) is 2.75. The minimum Gasteiger partial charge on any atom is -0.303 e. The monoisotopic (exact) mass is 240 g/mol. The van der Waals surface area contributed by atoms with E-state index in [0.717, 1.165) is 6.07 Å². The van der Waals surface area contributed by atoms with E-state index in [9.17, 15) is 9.18 Å². The highest BCUT2D eigenvalue weighted by Crippen LogP contribution is 2.15. The van der Waals surface area contributed by atoms with Gasteiger partial charge in [-0.15, -0.1) is 0 Å². The summed E-state index contributed by atoms with van der Waals surface area (Å²) in [5, 5.41) is 8.50. The number of anilines is 1. The topological polar surface area (TPSA) is 70.7 Å². The second-order valence-corrected chi connectivity index (χ2v) is 3.34. The first kappa shape index (κ1) is 10.6. The molecule has 0 bridgehead atoms. The minimum absolute atomic E-state index is 0.164. The third-order valence-electron chi connectivity index (χ3n) is 1.79. The number of halogens is 2. The molecule has 0 fully saturated rings. The van der Waals surface area contributed by atoms with Crippen LogP contribution in [0.3, 0.4) is 0 Å². The van der Waals surface area contributed by atoms with Gasteiger partial charge < -0.3 is 5.32 Å². The van der Waals surface area contributed by atoms with Gasteiger partial charge in [0.05, 0.1) is 5.02 Å². The van der Waals surface area contributed by atoms with Gasteiger partial charge in [-0.3, -0.25) is 9.89 Å². The molecule has 2 aromatic heterocycles. The fraction of sp³-hybridized carbons (Fsp3) is 0. The summed E-state index contributed by atoms with van der Waals surface area (Å²) < 4.78 is 13.3. The number of pyridine rings is 1. The average molecular weight is 241 g/mol. The first-order valence-electron chi connectivity index (χ1n) is 4.28. The summed E-state index contributed by atoms with van der Waals surface area (Å²) in [5.41, 5.74) is 0.219. The number of hydrogen-bond donors (Lipinski definition) is 2. The third kappa shape index (κ3) is 2.17. The van der Waals surface area contributed by atoms with Crippen LogP contribution in [0.5, 0.6) is 0 Å². The molecule has 1 amide bonds. The Hall–Kier alpha value is -1.95. The van der Waals surface area contributed by atoms with Crippen molar-refractivity contribution in [2.24, 2.45) is 0 Å². The molecule has 2 heterocycles. The van der Waals surface area contributed by atoms with Crippen LogP contribution in [-0.2, 0) is 0 Å². The fourth-order valence-electron chi connectivity index (χ4n) is 1.06. The van der Waals surface area contributed by atoms with E-state index in [2.05, 4.69) is 20.5 Å². The van der Waals surface area contributed by atoms with Gasteiger partial charge in [-0.25, -0.2) is 9.37 Å². The molecule has 0 atom stereocenters. The van der Waals surface area contributed by atoms with Crippen LogP contribution in [0.1, 0.15) is 10.5 Å². The lowest BCUT2D eigenvalue weighted by Gasteiger charge is -2.03. The van der Waals surface area contributed by atoms with Gasteiger partial charge in [0.25, 0.3) is 5.91 Å². The zero-order chi connectivity index (χ0) is 11.5. The SMILES string of the molecule is O=C(Nc1ncc(Cl)cc1F)c1ccn[nH]1. The van der Waals surface area contributed by atoms with E-state index in [1.807, 2.05) is 0 Å². The summed E-state index contributed by atoms with van der Waals surface area (Å²) in [6.07, 6.45) is 2.66. The lowest BCUT2D eigenvalue weighted by molar-refractivity contribution is 0.102. The summed E-state index contributed by atoms with van der Waals surface area (Å²) in [4.78, 5) is 15.1. The lowest BCUT2D eigenvalue weighted by atomic mass is 10.4. The molecule has 0 aromatic carbocycles. The van der Waals surface area contributed by atoms with Crippen molar-refractivity contribution in [1.82, 2.24) is 15.2 Å². The molecule has 0 saturated carbocycles. The Labute approximate surface area is 94.7 Å². The number of nitrogens with one attached hydrogen (secondary N) is 2. The second kappa shape index (κ2) is 4.28. The van der Waals surface area contributed by atoms with Crippen molar-refractivity contribution in [3.8, 4) is 0 Å². The Kier molecular flexibility index (Phi) is 2.82. The molecule has 82 valence electrons. The van der Waals surface area contributed by atoms with E-state index in [-0.39, 0.29) is 16.5 Å². The molecular formula is C9H6ClFN4O. The van der Waals surface area contributed by atoms with Gasteiger partial charge in [-0.05, 0) is 12.1 Å². The zero-order valence-electron chi connectivity index (χ0n) is 7.87. The van der Waals surface area contributed by atoms with Gasteiger partial charge in [0.15, 0.2) is 11.6 Å². The van der Waals surface area contributed by atoms with Crippen LogP contribution in [0.15, 0.2) is 24.5 Å². The first-order valence-corrected chi connectivity index (χ1v) is 4.66. The number of aromatic amines is 1. The molecule has 5 nitrogen and oxygen atoms in total. The van der Waals surface area contributed by atoms with Gasteiger partial charge in [0.2, 0.25) is 0 Å². The molecule has 16 heavy (non-hydrogen) atoms. The number of carbonyl (C=O) groups is 1. The Balaban J connectivity index is 2.18. The molecule has 0 aliphatic heterocycles. The molecule has 0 aliphatic rings. The van der Waals surface area contributed by atoms with Crippen molar-refractivity contribution in [2.45, 2.75) is 0 Å². The number of rotatable bonds is 2. The van der Waals surface area contributed by atoms with Crippen LogP contribution in [0.4, 0.5) is 10.2 Å². The zero-order valence-corrected chi connectivity index (χ0v) is 8.62. The molecule has 0 saturated heterocycles. The molecule has 7 heteroatoms. The quantitative estimate of drug-likeness (QED) is 0.842. The summed E-state index contributed by atoms with van der Waals surface area (Å²) in [7, 11) is 0. The maximum atomic E-state index is 13.3. The van der Waals surface area contributed by atoms with Gasteiger partial charge in [-0.2, -0.15) is 5.10 Å². The van der Waals surface area contributed by atoms with Crippen LogP contribution in [0.2, 0.25) is 5.02 Å². The molecule has 2 aromatic rings. The van der Waals surface area contributed by atoms with E-state index >= 15 is 0 Å². The van der Waals surface area contributed by atoms with Gasteiger partial charge >= 0.3 is 0 Å². The molecule has 0 radical (unpaired) electrons. The molecular weight excluding hydrogens is 235 g/mol. The highest BCUT2D eigenvalue weighted by atomic mass is 35.5. The maximum absolute atomic E-state index is 13.3. The molecule has 2 N–H and O–H groups in total. The lowest BCUT2D eigenvalue weighted by Crippen LogP contribution is -2.14. The standard InChI is InChI=1S/C9H6ClFN4O/c10-5-3-6(11)8(12-4-5)14-9(16)7-1-2-13-15-7/h1-4H,(H,13,15)(H,12,14,16). The Morgan fingerprint density at radius 2 is 2.38 bits per heavy atom. The van der Waals surface area contributed by atoms with Crippen molar-refractivity contribution < 1.29 is 9.18 Å². The van der Waals surface area contributed by atoms with E-state index in [4.69, 9.17) is 11.6 Å². The number of amides is 1. The summed E-state index contributed by atoms with van der Waals surface area (Å²) in [6, 6.07) is 2.53. The molecule has 0 spiro atoms. The number of aromatic nitrogens is 3. The van der Waals surface area contributed by atoms with Crippen LogP contribution >= 0.6 is 11.6 Å². The van der Waals surface area contributed by atoms with Gasteiger partial charge in [-0.1, -0.05) is 11.6 Å². The Morgan fingerprint density at radius 3 is 3.00 bits per heavy atom. The van der Waals surface area contributed by atoms with Crippen molar-refractivity contribution in [3.05, 3.63) is 41.1 Å². The second-order valence-electron chi connectivity index (χ2n) is 2.91. The summed E-state index contributed by atoms with van der Waals surface area (Å²) in [5.74, 6) is -1.39. The van der Waals surface area contributed by atoms with Crippen molar-refractivity contribution in [2.75, 3.05) is 5.32 Å². The van der Waals surface area contributed by atoms with Crippen molar-refractivity contribution in [1.29, 1.82) is 0 Å². The van der Waals surface area contributed by atoms with E-state index in [1.165, 1.54) is 18.5 Å².